The Kier molecular flexibility index (Phi) is 8.72. The number of aliphatic imine (C=N–C) groups is 1. The summed E-state index contributed by atoms with van der Waals surface area (Å²) in [6.07, 6.45) is 1.84. The molecular weight excluding hydrogens is 503 g/mol. The van der Waals surface area contributed by atoms with Crippen LogP contribution in [0.5, 0.6) is 5.75 Å². The molecule has 7 nitrogen and oxygen atoms in total. The molecule has 1 aliphatic rings. The first-order valence-electron chi connectivity index (χ1n) is 9.19. The van der Waals surface area contributed by atoms with Gasteiger partial charge in [0.15, 0.2) is 5.96 Å². The number of methoxy groups -OCH3 is 1. The molecule has 3 N–H and O–H groups in total. The van der Waals surface area contributed by atoms with Gasteiger partial charge < -0.3 is 15.4 Å². The Hall–Kier alpha value is -1.85. The summed E-state index contributed by atoms with van der Waals surface area (Å²) in [6, 6.07) is 14.8. The maximum absolute atomic E-state index is 12.2. The summed E-state index contributed by atoms with van der Waals surface area (Å²) in [7, 11) is -0.0551. The number of hydrogen-bond acceptors (Lipinski definition) is 4. The van der Waals surface area contributed by atoms with E-state index in [1.54, 1.807) is 26.3 Å². The van der Waals surface area contributed by atoms with Crippen molar-refractivity contribution in [3.63, 3.8) is 0 Å². The third kappa shape index (κ3) is 7.16. The van der Waals surface area contributed by atoms with Gasteiger partial charge in [-0.3, -0.25) is 4.99 Å². The number of rotatable bonds is 8. The van der Waals surface area contributed by atoms with E-state index >= 15 is 0 Å². The van der Waals surface area contributed by atoms with Crippen LogP contribution in [0.1, 0.15) is 24.0 Å². The van der Waals surface area contributed by atoms with E-state index in [0.29, 0.717) is 23.9 Å². The van der Waals surface area contributed by atoms with Crippen LogP contribution in [0.15, 0.2) is 58.4 Å². The Balaban J connectivity index is 0.00000300. The SMILES string of the molecule is CN=C(NCc1ccc(OC)cc1)NCc1ccc(S(=O)(=O)NC2CC2)cc1.I. The van der Waals surface area contributed by atoms with Crippen molar-refractivity contribution < 1.29 is 13.2 Å². The van der Waals surface area contributed by atoms with Crippen molar-refractivity contribution in [1.29, 1.82) is 0 Å². The molecule has 0 aliphatic heterocycles. The fourth-order valence-electron chi connectivity index (χ4n) is 2.61. The van der Waals surface area contributed by atoms with Crippen LogP contribution in [0.4, 0.5) is 0 Å². The van der Waals surface area contributed by atoms with E-state index in [9.17, 15) is 8.42 Å². The predicted molar refractivity (Wildman–Crippen MR) is 125 cm³/mol. The van der Waals surface area contributed by atoms with E-state index < -0.39 is 10.0 Å². The zero-order chi connectivity index (χ0) is 20.0. The van der Waals surface area contributed by atoms with Gasteiger partial charge in [0.25, 0.3) is 0 Å². The third-order valence-electron chi connectivity index (χ3n) is 4.44. The Morgan fingerprint density at radius 3 is 1.97 bits per heavy atom. The summed E-state index contributed by atoms with van der Waals surface area (Å²) in [5.41, 5.74) is 2.08. The van der Waals surface area contributed by atoms with E-state index in [1.165, 1.54) is 0 Å². The van der Waals surface area contributed by atoms with E-state index in [4.69, 9.17) is 4.74 Å². The molecule has 1 aliphatic carbocycles. The molecule has 0 atom stereocenters. The second-order valence-corrected chi connectivity index (χ2v) is 8.38. The lowest BCUT2D eigenvalue weighted by Crippen LogP contribution is -2.36. The van der Waals surface area contributed by atoms with Gasteiger partial charge in [0.2, 0.25) is 10.0 Å². The molecule has 0 spiro atoms. The second-order valence-electron chi connectivity index (χ2n) is 6.67. The molecule has 0 bridgehead atoms. The van der Waals surface area contributed by atoms with Gasteiger partial charge in [-0.25, -0.2) is 13.1 Å². The Bertz CT molecular complexity index is 912. The van der Waals surface area contributed by atoms with E-state index in [1.807, 2.05) is 36.4 Å². The summed E-state index contributed by atoms with van der Waals surface area (Å²) >= 11 is 0. The Labute approximate surface area is 189 Å². The molecule has 0 unspecified atom stereocenters. The molecule has 158 valence electrons. The molecule has 0 heterocycles. The summed E-state index contributed by atoms with van der Waals surface area (Å²) in [4.78, 5) is 4.51. The molecule has 3 rings (SSSR count). The fraction of sp³-hybridized carbons (Fsp3) is 0.350. The number of ether oxygens (including phenoxy) is 1. The topological polar surface area (TPSA) is 91.8 Å². The van der Waals surface area contributed by atoms with Crippen LogP contribution in [0, 0.1) is 0 Å². The lowest BCUT2D eigenvalue weighted by molar-refractivity contribution is 0.414. The maximum atomic E-state index is 12.2. The van der Waals surface area contributed by atoms with E-state index in [2.05, 4.69) is 20.3 Å². The van der Waals surface area contributed by atoms with Gasteiger partial charge in [-0.05, 0) is 48.2 Å². The molecular formula is C20H27IN4O3S. The highest BCUT2D eigenvalue weighted by molar-refractivity contribution is 14.0. The number of nitrogens with one attached hydrogen (secondary N) is 3. The Morgan fingerprint density at radius 2 is 1.52 bits per heavy atom. The minimum Gasteiger partial charge on any atom is -0.497 e. The average Bonchev–Trinajstić information content (AvgIpc) is 3.52. The van der Waals surface area contributed by atoms with Crippen LogP contribution >= 0.6 is 24.0 Å². The van der Waals surface area contributed by atoms with Crippen molar-refractivity contribution >= 4 is 40.0 Å². The van der Waals surface area contributed by atoms with Crippen molar-refractivity contribution in [2.24, 2.45) is 4.99 Å². The predicted octanol–water partition coefficient (Wildman–Crippen LogP) is 2.62. The van der Waals surface area contributed by atoms with Crippen LogP contribution in [-0.4, -0.2) is 34.6 Å². The zero-order valence-corrected chi connectivity index (χ0v) is 19.7. The molecule has 9 heteroatoms. The lowest BCUT2D eigenvalue weighted by atomic mass is 10.2. The number of halogens is 1. The molecule has 1 saturated carbocycles. The quantitative estimate of drug-likeness (QED) is 0.277. The normalized spacial score (nSPS) is 14.1. The summed E-state index contributed by atoms with van der Waals surface area (Å²) in [5, 5.41) is 6.48. The molecule has 1 fully saturated rings. The third-order valence-corrected chi connectivity index (χ3v) is 5.97. The first-order valence-corrected chi connectivity index (χ1v) is 10.7. The largest absolute Gasteiger partial charge is 0.497 e. The number of nitrogens with zero attached hydrogens (tertiary/aromatic N) is 1. The van der Waals surface area contributed by atoms with Gasteiger partial charge in [-0.15, -0.1) is 24.0 Å². The first-order chi connectivity index (χ1) is 13.5. The van der Waals surface area contributed by atoms with Crippen molar-refractivity contribution in [2.75, 3.05) is 14.2 Å². The minimum absolute atomic E-state index is 0. The fourth-order valence-corrected chi connectivity index (χ4v) is 3.92. The highest BCUT2D eigenvalue weighted by atomic mass is 127. The van der Waals surface area contributed by atoms with Gasteiger partial charge >= 0.3 is 0 Å². The monoisotopic (exact) mass is 530 g/mol. The van der Waals surface area contributed by atoms with E-state index in [0.717, 1.165) is 29.7 Å². The van der Waals surface area contributed by atoms with Gasteiger partial charge in [0, 0.05) is 26.2 Å². The number of guanidine groups is 1. The smallest absolute Gasteiger partial charge is 0.240 e. The van der Waals surface area contributed by atoms with Gasteiger partial charge in [0.05, 0.1) is 12.0 Å². The van der Waals surface area contributed by atoms with Crippen LogP contribution in [0.2, 0.25) is 0 Å². The highest BCUT2D eigenvalue weighted by Gasteiger charge is 2.27. The van der Waals surface area contributed by atoms with Crippen molar-refractivity contribution in [3.8, 4) is 5.75 Å². The zero-order valence-electron chi connectivity index (χ0n) is 16.5. The van der Waals surface area contributed by atoms with Crippen LogP contribution in [0.25, 0.3) is 0 Å². The van der Waals surface area contributed by atoms with Gasteiger partial charge in [0.1, 0.15) is 5.75 Å². The lowest BCUT2D eigenvalue weighted by Gasteiger charge is -2.13. The highest BCUT2D eigenvalue weighted by Crippen LogP contribution is 2.22. The molecule has 0 amide bonds. The molecule has 0 saturated heterocycles. The molecule has 2 aromatic carbocycles. The number of sulfonamides is 1. The minimum atomic E-state index is -3.41. The number of hydrogen-bond donors (Lipinski definition) is 3. The summed E-state index contributed by atoms with van der Waals surface area (Å²) in [5.74, 6) is 1.49. The van der Waals surface area contributed by atoms with Crippen LogP contribution in [0.3, 0.4) is 0 Å². The summed E-state index contributed by atoms with van der Waals surface area (Å²) < 4.78 is 32.2. The van der Waals surface area contributed by atoms with Crippen molar-refractivity contribution in [2.45, 2.75) is 36.9 Å². The van der Waals surface area contributed by atoms with Crippen LogP contribution in [-0.2, 0) is 23.1 Å². The van der Waals surface area contributed by atoms with Crippen LogP contribution < -0.4 is 20.1 Å². The maximum Gasteiger partial charge on any atom is 0.240 e. The van der Waals surface area contributed by atoms with Crippen molar-refractivity contribution in [3.05, 3.63) is 59.7 Å². The molecule has 2 aromatic rings. The standard InChI is InChI=1S/C20H26N4O3S.HI/c1-21-20(22-13-15-3-9-18(27-2)10-4-15)23-14-16-5-11-19(12-6-16)28(25,26)24-17-7-8-17;/h3-6,9-12,17,24H,7-8,13-14H2,1-2H3,(H2,21,22,23);1H. The molecule has 0 aromatic heterocycles. The van der Waals surface area contributed by atoms with Crippen molar-refractivity contribution in [1.82, 2.24) is 15.4 Å². The average molecular weight is 530 g/mol. The van der Waals surface area contributed by atoms with Gasteiger partial charge in [-0.2, -0.15) is 0 Å². The second kappa shape index (κ2) is 10.8. The first kappa shape index (κ1) is 23.4. The summed E-state index contributed by atoms with van der Waals surface area (Å²) in [6.45, 7) is 1.17. The molecule has 0 radical (unpaired) electrons. The molecule has 29 heavy (non-hydrogen) atoms. The van der Waals surface area contributed by atoms with E-state index in [-0.39, 0.29) is 30.0 Å². The Morgan fingerprint density at radius 1 is 1.00 bits per heavy atom. The number of benzene rings is 2. The van der Waals surface area contributed by atoms with Gasteiger partial charge in [-0.1, -0.05) is 24.3 Å².